The summed E-state index contributed by atoms with van der Waals surface area (Å²) in [5.74, 6) is 1.99. The quantitative estimate of drug-likeness (QED) is 0.745. The van der Waals surface area contributed by atoms with Gasteiger partial charge in [0.05, 0.1) is 38.3 Å². The van der Waals surface area contributed by atoms with Crippen molar-refractivity contribution in [3.63, 3.8) is 0 Å². The highest BCUT2D eigenvalue weighted by molar-refractivity contribution is 4.72. The van der Waals surface area contributed by atoms with Crippen LogP contribution in [0.1, 0.15) is 65.2 Å². The van der Waals surface area contributed by atoms with Gasteiger partial charge in [-0.15, -0.1) is 0 Å². The summed E-state index contributed by atoms with van der Waals surface area (Å²) in [6.45, 7) is 10.8. The molecule has 0 radical (unpaired) electrons. The average molecular weight is 280 g/mol. The minimum Gasteiger partial charge on any atom is -0.332 e. The average Bonchev–Trinajstić information content (AvgIpc) is 2.48. The molecule has 2 saturated heterocycles. The Morgan fingerprint density at radius 3 is 1.85 bits per heavy atom. The smallest absolute Gasteiger partial charge is 0.0983 e. The lowest BCUT2D eigenvalue weighted by molar-refractivity contribution is -0.971. The van der Waals surface area contributed by atoms with Crippen LogP contribution in [-0.4, -0.2) is 38.3 Å². The van der Waals surface area contributed by atoms with Crippen molar-refractivity contribution in [3.05, 3.63) is 0 Å². The molecular formula is C18H36N2+2. The molecule has 20 heavy (non-hydrogen) atoms. The summed E-state index contributed by atoms with van der Waals surface area (Å²) in [6, 6.07) is 2.02. The second kappa shape index (κ2) is 6.79. The topological polar surface area (TPSA) is 8.88 Å². The van der Waals surface area contributed by atoms with Gasteiger partial charge in [-0.3, -0.25) is 0 Å². The molecule has 2 aliphatic heterocycles. The fourth-order valence-electron chi connectivity index (χ4n) is 5.15. The predicted molar refractivity (Wildman–Crippen MR) is 84.2 cm³/mol. The molecule has 3 rings (SSSR count). The maximum atomic E-state index is 2.47. The largest absolute Gasteiger partial charge is 0.332 e. The van der Waals surface area contributed by atoms with E-state index in [1.165, 1.54) is 77.5 Å². The van der Waals surface area contributed by atoms with Crippen LogP contribution in [-0.2, 0) is 0 Å². The first-order valence-electron chi connectivity index (χ1n) is 9.41. The normalized spacial score (nSPS) is 47.1. The van der Waals surface area contributed by atoms with E-state index in [1.807, 2.05) is 9.80 Å². The molecule has 3 aliphatic rings. The van der Waals surface area contributed by atoms with Crippen LogP contribution in [0, 0.1) is 11.8 Å². The molecule has 1 aliphatic carbocycles. The van der Waals surface area contributed by atoms with Crippen molar-refractivity contribution >= 4 is 0 Å². The van der Waals surface area contributed by atoms with E-state index in [0.717, 1.165) is 23.9 Å². The zero-order valence-corrected chi connectivity index (χ0v) is 13.8. The van der Waals surface area contributed by atoms with E-state index in [0.29, 0.717) is 0 Å². The highest BCUT2D eigenvalue weighted by atomic mass is 15.2. The van der Waals surface area contributed by atoms with Crippen molar-refractivity contribution in [1.29, 1.82) is 0 Å². The SMILES string of the molecule is CC1CC[NH+](C2CC[NH+]([C@@H]3CCC[C@H](C)C3)CC2)CC1. The summed E-state index contributed by atoms with van der Waals surface area (Å²) < 4.78 is 0. The van der Waals surface area contributed by atoms with E-state index < -0.39 is 0 Å². The third-order valence-electron chi connectivity index (χ3n) is 6.64. The van der Waals surface area contributed by atoms with Crippen LogP contribution in [0.5, 0.6) is 0 Å². The molecule has 0 bridgehead atoms. The maximum absolute atomic E-state index is 2.47. The zero-order valence-electron chi connectivity index (χ0n) is 13.8. The molecule has 116 valence electrons. The summed E-state index contributed by atoms with van der Waals surface area (Å²) in [6.07, 6.45) is 12.0. The molecule has 0 spiro atoms. The standard InChI is InChI=1S/C18H34N2/c1-15-6-10-19(11-7-15)17-8-12-20(13-9-17)18-5-3-4-16(2)14-18/h15-18H,3-14H2,1-2H3/p+2/t16-,18+/m0/s1. The van der Waals surface area contributed by atoms with E-state index in [-0.39, 0.29) is 0 Å². The van der Waals surface area contributed by atoms with Gasteiger partial charge in [0.25, 0.3) is 0 Å². The van der Waals surface area contributed by atoms with E-state index in [9.17, 15) is 0 Å². The van der Waals surface area contributed by atoms with Gasteiger partial charge in [-0.2, -0.15) is 0 Å². The van der Waals surface area contributed by atoms with Gasteiger partial charge in [0.15, 0.2) is 0 Å². The van der Waals surface area contributed by atoms with Crippen molar-refractivity contribution < 1.29 is 9.80 Å². The van der Waals surface area contributed by atoms with Gasteiger partial charge in [-0.25, -0.2) is 0 Å². The van der Waals surface area contributed by atoms with Crippen LogP contribution in [0.4, 0.5) is 0 Å². The molecule has 2 heteroatoms. The third-order valence-corrected chi connectivity index (χ3v) is 6.64. The summed E-state index contributed by atoms with van der Waals surface area (Å²) >= 11 is 0. The zero-order chi connectivity index (χ0) is 13.9. The van der Waals surface area contributed by atoms with E-state index in [2.05, 4.69) is 13.8 Å². The molecule has 1 saturated carbocycles. The van der Waals surface area contributed by atoms with E-state index >= 15 is 0 Å². The Bertz CT molecular complexity index is 288. The summed E-state index contributed by atoms with van der Waals surface area (Å²) in [5, 5.41) is 0. The minimum atomic E-state index is 0.994. The minimum absolute atomic E-state index is 0.994. The summed E-state index contributed by atoms with van der Waals surface area (Å²) in [7, 11) is 0. The molecule has 0 aromatic carbocycles. The first-order chi connectivity index (χ1) is 9.72. The predicted octanol–water partition coefficient (Wildman–Crippen LogP) is 0.927. The Balaban J connectivity index is 1.44. The number of quaternary nitrogens is 2. The second-order valence-corrected chi connectivity index (χ2v) is 8.24. The van der Waals surface area contributed by atoms with Crippen LogP contribution in [0.25, 0.3) is 0 Å². The Hall–Kier alpha value is -0.0800. The maximum Gasteiger partial charge on any atom is 0.0983 e. The Labute approximate surface area is 125 Å². The Kier molecular flexibility index (Phi) is 5.04. The van der Waals surface area contributed by atoms with Gasteiger partial charge < -0.3 is 9.80 Å². The number of piperidine rings is 2. The monoisotopic (exact) mass is 280 g/mol. The first kappa shape index (κ1) is 14.8. The van der Waals surface area contributed by atoms with E-state index in [1.54, 1.807) is 0 Å². The number of rotatable bonds is 2. The van der Waals surface area contributed by atoms with Crippen molar-refractivity contribution in [3.8, 4) is 0 Å². The molecule has 3 fully saturated rings. The molecule has 2 N–H and O–H groups in total. The van der Waals surface area contributed by atoms with Gasteiger partial charge >= 0.3 is 0 Å². The number of hydrogen-bond donors (Lipinski definition) is 2. The lowest BCUT2D eigenvalue weighted by Crippen LogP contribution is -3.22. The highest BCUT2D eigenvalue weighted by Gasteiger charge is 2.35. The van der Waals surface area contributed by atoms with Gasteiger partial charge in [0.1, 0.15) is 0 Å². The fourth-order valence-corrected chi connectivity index (χ4v) is 5.15. The lowest BCUT2D eigenvalue weighted by atomic mass is 9.85. The number of likely N-dealkylation sites (tertiary alicyclic amines) is 2. The number of hydrogen-bond acceptors (Lipinski definition) is 0. The van der Waals surface area contributed by atoms with Crippen LogP contribution >= 0.6 is 0 Å². The van der Waals surface area contributed by atoms with Crippen molar-refractivity contribution in [2.75, 3.05) is 26.2 Å². The summed E-state index contributed by atoms with van der Waals surface area (Å²) in [4.78, 5) is 3.93. The molecule has 0 unspecified atom stereocenters. The molecule has 0 aromatic heterocycles. The van der Waals surface area contributed by atoms with Crippen LogP contribution in [0.2, 0.25) is 0 Å². The summed E-state index contributed by atoms with van der Waals surface area (Å²) in [5.41, 5.74) is 0. The van der Waals surface area contributed by atoms with Crippen LogP contribution < -0.4 is 9.80 Å². The second-order valence-electron chi connectivity index (χ2n) is 8.24. The van der Waals surface area contributed by atoms with Gasteiger partial charge in [0, 0.05) is 19.3 Å². The van der Waals surface area contributed by atoms with E-state index in [4.69, 9.17) is 0 Å². The molecule has 2 nitrogen and oxygen atoms in total. The van der Waals surface area contributed by atoms with Gasteiger partial charge in [-0.1, -0.05) is 20.3 Å². The highest BCUT2D eigenvalue weighted by Crippen LogP contribution is 2.22. The molecular weight excluding hydrogens is 244 g/mol. The van der Waals surface area contributed by atoms with Crippen molar-refractivity contribution in [2.45, 2.75) is 77.3 Å². The Morgan fingerprint density at radius 1 is 0.600 bits per heavy atom. The van der Waals surface area contributed by atoms with Crippen molar-refractivity contribution in [2.24, 2.45) is 11.8 Å². The molecule has 2 heterocycles. The van der Waals surface area contributed by atoms with Crippen LogP contribution in [0.3, 0.4) is 0 Å². The fraction of sp³-hybridized carbons (Fsp3) is 1.00. The van der Waals surface area contributed by atoms with Crippen molar-refractivity contribution in [1.82, 2.24) is 0 Å². The first-order valence-corrected chi connectivity index (χ1v) is 9.41. The molecule has 2 atom stereocenters. The lowest BCUT2D eigenvalue weighted by Gasteiger charge is -2.41. The third kappa shape index (κ3) is 3.57. The van der Waals surface area contributed by atoms with Gasteiger partial charge in [0.2, 0.25) is 0 Å². The van der Waals surface area contributed by atoms with Gasteiger partial charge in [-0.05, 0) is 37.5 Å². The number of nitrogens with one attached hydrogen (secondary N) is 2. The van der Waals surface area contributed by atoms with Crippen LogP contribution in [0.15, 0.2) is 0 Å². The molecule has 0 amide bonds. The molecule has 0 aromatic rings. The Morgan fingerprint density at radius 2 is 1.20 bits per heavy atom.